The van der Waals surface area contributed by atoms with Gasteiger partial charge < -0.3 is 24.0 Å². The van der Waals surface area contributed by atoms with E-state index >= 15 is 0 Å². The van der Waals surface area contributed by atoms with Gasteiger partial charge in [0, 0.05) is 32.2 Å². The lowest BCUT2D eigenvalue weighted by Gasteiger charge is -2.39. The van der Waals surface area contributed by atoms with Crippen molar-refractivity contribution >= 4 is 11.8 Å². The predicted molar refractivity (Wildman–Crippen MR) is 88.6 cm³/mol. The number of amides is 2. The van der Waals surface area contributed by atoms with Crippen LogP contribution >= 0.6 is 0 Å². The Kier molecular flexibility index (Phi) is 4.25. The van der Waals surface area contributed by atoms with Gasteiger partial charge in [0.05, 0.1) is 18.7 Å². The van der Waals surface area contributed by atoms with Crippen molar-refractivity contribution in [3.8, 4) is 11.5 Å². The van der Waals surface area contributed by atoms with Crippen LogP contribution in [0.15, 0.2) is 18.2 Å². The molecule has 3 aliphatic rings. The summed E-state index contributed by atoms with van der Waals surface area (Å²) in [7, 11) is 1.63. The van der Waals surface area contributed by atoms with Crippen molar-refractivity contribution in [2.75, 3.05) is 33.6 Å². The summed E-state index contributed by atoms with van der Waals surface area (Å²) in [5.74, 6) is 1.44. The molecule has 0 aromatic heterocycles. The van der Waals surface area contributed by atoms with E-state index in [0.29, 0.717) is 43.2 Å². The zero-order chi connectivity index (χ0) is 17.4. The van der Waals surface area contributed by atoms with E-state index in [1.165, 1.54) is 0 Å². The molecule has 2 atom stereocenters. The number of rotatable bonds is 4. The molecule has 134 valence electrons. The lowest BCUT2D eigenvalue weighted by Crippen LogP contribution is -2.54. The Morgan fingerprint density at radius 2 is 2.08 bits per heavy atom. The van der Waals surface area contributed by atoms with Crippen LogP contribution in [0.4, 0.5) is 0 Å². The molecule has 1 aromatic carbocycles. The summed E-state index contributed by atoms with van der Waals surface area (Å²) in [5.41, 5.74) is 0.602. The largest absolute Gasteiger partial charge is 0.454 e. The van der Waals surface area contributed by atoms with Crippen LogP contribution in [0.2, 0.25) is 0 Å². The third-order valence-corrected chi connectivity index (χ3v) is 5.30. The molecule has 1 aromatic rings. The Balaban J connectivity index is 1.52. The van der Waals surface area contributed by atoms with Crippen molar-refractivity contribution in [1.82, 2.24) is 9.80 Å². The van der Waals surface area contributed by atoms with E-state index in [1.807, 2.05) is 9.80 Å². The molecular weight excluding hydrogens is 324 g/mol. The fourth-order valence-corrected chi connectivity index (χ4v) is 4.08. The minimum Gasteiger partial charge on any atom is -0.454 e. The van der Waals surface area contributed by atoms with Crippen LogP contribution < -0.4 is 9.47 Å². The highest BCUT2D eigenvalue weighted by atomic mass is 16.7. The molecule has 0 radical (unpaired) electrons. The smallest absolute Gasteiger partial charge is 0.254 e. The second kappa shape index (κ2) is 6.55. The van der Waals surface area contributed by atoms with Crippen molar-refractivity contribution < 1.29 is 23.8 Å². The Morgan fingerprint density at radius 3 is 2.92 bits per heavy atom. The van der Waals surface area contributed by atoms with Crippen LogP contribution in [0.25, 0.3) is 0 Å². The molecule has 0 N–H and O–H groups in total. The highest BCUT2D eigenvalue weighted by Crippen LogP contribution is 2.35. The number of carbonyl (C=O) groups excluding carboxylic acids is 2. The highest BCUT2D eigenvalue weighted by Gasteiger charge is 2.44. The molecule has 3 aliphatic heterocycles. The summed E-state index contributed by atoms with van der Waals surface area (Å²) < 4.78 is 15.8. The van der Waals surface area contributed by atoms with Crippen molar-refractivity contribution in [2.45, 2.75) is 31.3 Å². The Labute approximate surface area is 146 Å². The minimum absolute atomic E-state index is 0.00756. The lowest BCUT2D eigenvalue weighted by molar-refractivity contribution is -0.138. The molecule has 4 rings (SSSR count). The molecule has 2 unspecified atom stereocenters. The van der Waals surface area contributed by atoms with Crippen LogP contribution in [0.3, 0.4) is 0 Å². The van der Waals surface area contributed by atoms with Crippen LogP contribution in [-0.4, -0.2) is 67.3 Å². The Morgan fingerprint density at radius 1 is 1.24 bits per heavy atom. The first-order chi connectivity index (χ1) is 12.2. The number of piperidine rings is 1. The summed E-state index contributed by atoms with van der Waals surface area (Å²) in [6, 6.07) is 5.47. The number of fused-ring (bicyclic) bond motifs is 2. The van der Waals surface area contributed by atoms with Gasteiger partial charge in [-0.3, -0.25) is 9.59 Å². The van der Waals surface area contributed by atoms with Gasteiger partial charge in [0.2, 0.25) is 12.7 Å². The van der Waals surface area contributed by atoms with E-state index in [0.717, 1.165) is 12.8 Å². The fourth-order valence-electron chi connectivity index (χ4n) is 4.08. The summed E-state index contributed by atoms with van der Waals surface area (Å²) in [5, 5.41) is 0. The standard InChI is InChI=1S/C18H22N2O5/c1-23-9-8-19-14-6-7-20(13(14)3-5-17(19)21)18(22)12-2-4-15-16(10-12)25-11-24-15/h2,4,10,13-14H,3,5-9,11H2,1H3. The van der Waals surface area contributed by atoms with E-state index in [9.17, 15) is 9.59 Å². The minimum atomic E-state index is -0.00756. The summed E-state index contributed by atoms with van der Waals surface area (Å²) in [6.07, 6.45) is 2.02. The van der Waals surface area contributed by atoms with Crippen LogP contribution in [-0.2, 0) is 9.53 Å². The molecule has 2 saturated heterocycles. The van der Waals surface area contributed by atoms with Crippen molar-refractivity contribution in [3.63, 3.8) is 0 Å². The summed E-state index contributed by atoms with van der Waals surface area (Å²) >= 11 is 0. The van der Waals surface area contributed by atoms with Gasteiger partial charge in [-0.15, -0.1) is 0 Å². The molecule has 25 heavy (non-hydrogen) atoms. The average Bonchev–Trinajstić information content (AvgIpc) is 3.26. The van der Waals surface area contributed by atoms with E-state index in [1.54, 1.807) is 25.3 Å². The van der Waals surface area contributed by atoms with Gasteiger partial charge in [-0.05, 0) is 31.0 Å². The summed E-state index contributed by atoms with van der Waals surface area (Å²) in [6.45, 7) is 1.96. The number of benzene rings is 1. The number of carbonyl (C=O) groups is 2. The number of hydrogen-bond acceptors (Lipinski definition) is 5. The molecule has 0 aliphatic carbocycles. The Bertz CT molecular complexity index is 692. The van der Waals surface area contributed by atoms with Crippen LogP contribution in [0.5, 0.6) is 11.5 Å². The van der Waals surface area contributed by atoms with Gasteiger partial charge in [0.15, 0.2) is 11.5 Å². The number of nitrogens with zero attached hydrogens (tertiary/aromatic N) is 2. The third-order valence-electron chi connectivity index (χ3n) is 5.30. The van der Waals surface area contributed by atoms with Crippen molar-refractivity contribution in [2.24, 2.45) is 0 Å². The molecule has 2 fully saturated rings. The van der Waals surface area contributed by atoms with Crippen LogP contribution in [0, 0.1) is 0 Å². The van der Waals surface area contributed by atoms with Crippen LogP contribution in [0.1, 0.15) is 29.6 Å². The molecule has 0 bridgehead atoms. The van der Waals surface area contributed by atoms with Crippen molar-refractivity contribution in [3.05, 3.63) is 23.8 Å². The van der Waals surface area contributed by atoms with E-state index in [4.69, 9.17) is 14.2 Å². The molecule has 0 saturated carbocycles. The van der Waals surface area contributed by atoms with Gasteiger partial charge in [-0.25, -0.2) is 0 Å². The van der Waals surface area contributed by atoms with Gasteiger partial charge in [0.1, 0.15) is 0 Å². The SMILES string of the molecule is COCCN1C(=O)CCC2C1CCN2C(=O)c1ccc2c(c1)OCO2. The number of likely N-dealkylation sites (tertiary alicyclic amines) is 2. The normalized spacial score (nSPS) is 24.6. The second-order valence-corrected chi connectivity index (χ2v) is 6.61. The van der Waals surface area contributed by atoms with Gasteiger partial charge in [-0.2, -0.15) is 0 Å². The monoisotopic (exact) mass is 346 g/mol. The molecule has 0 spiro atoms. The third kappa shape index (κ3) is 2.82. The molecule has 7 heteroatoms. The molecule has 3 heterocycles. The maximum Gasteiger partial charge on any atom is 0.254 e. The molecule has 7 nitrogen and oxygen atoms in total. The molecular formula is C18H22N2O5. The summed E-state index contributed by atoms with van der Waals surface area (Å²) in [4.78, 5) is 29.1. The topological polar surface area (TPSA) is 68.3 Å². The average molecular weight is 346 g/mol. The molecule has 2 amide bonds. The maximum atomic E-state index is 13.0. The number of methoxy groups -OCH3 is 1. The van der Waals surface area contributed by atoms with E-state index in [2.05, 4.69) is 0 Å². The first-order valence-corrected chi connectivity index (χ1v) is 8.68. The van der Waals surface area contributed by atoms with Gasteiger partial charge in [0.25, 0.3) is 5.91 Å². The zero-order valence-corrected chi connectivity index (χ0v) is 14.3. The first-order valence-electron chi connectivity index (χ1n) is 8.68. The predicted octanol–water partition coefficient (Wildman–Crippen LogP) is 1.27. The van der Waals surface area contributed by atoms with Gasteiger partial charge in [-0.1, -0.05) is 0 Å². The van der Waals surface area contributed by atoms with Crippen molar-refractivity contribution in [1.29, 1.82) is 0 Å². The van der Waals surface area contributed by atoms with Gasteiger partial charge >= 0.3 is 0 Å². The maximum absolute atomic E-state index is 13.0. The second-order valence-electron chi connectivity index (χ2n) is 6.61. The van der Waals surface area contributed by atoms with E-state index in [-0.39, 0.29) is 30.7 Å². The lowest BCUT2D eigenvalue weighted by atomic mass is 9.96. The fraction of sp³-hybridized carbons (Fsp3) is 0.556. The Hall–Kier alpha value is -2.28. The number of hydrogen-bond donors (Lipinski definition) is 0. The highest BCUT2D eigenvalue weighted by molar-refractivity contribution is 5.95. The zero-order valence-electron chi connectivity index (χ0n) is 14.3. The quantitative estimate of drug-likeness (QED) is 0.821. The van der Waals surface area contributed by atoms with E-state index < -0.39 is 0 Å². The number of ether oxygens (including phenoxy) is 3. The first kappa shape index (κ1) is 16.2.